The molecule has 7 heteroatoms. The second kappa shape index (κ2) is 7.43. The number of methoxy groups -OCH3 is 1. The minimum absolute atomic E-state index is 0.0833. The Morgan fingerprint density at radius 2 is 2.04 bits per heavy atom. The largest absolute Gasteiger partial charge is 0.497 e. The predicted molar refractivity (Wildman–Crippen MR) is 96.1 cm³/mol. The Labute approximate surface area is 150 Å². The molecule has 2 aromatic rings. The van der Waals surface area contributed by atoms with Crippen LogP contribution in [0, 0.1) is 0 Å². The van der Waals surface area contributed by atoms with E-state index in [2.05, 4.69) is 10.3 Å². The number of ether oxygens (including phenoxy) is 1. The first-order valence-corrected chi connectivity index (χ1v) is 8.46. The maximum absolute atomic E-state index is 12.4. The number of pyridine rings is 1. The molecule has 0 aliphatic heterocycles. The molecule has 1 heterocycles. The third-order valence-corrected chi connectivity index (χ3v) is 4.58. The number of hydrogen-bond acceptors (Lipinski definition) is 4. The number of fused-ring (bicyclic) bond motifs is 1. The first-order chi connectivity index (χ1) is 12.5. The maximum Gasteiger partial charge on any atom is 0.261 e. The van der Waals surface area contributed by atoms with Crippen LogP contribution in [0.1, 0.15) is 46.1 Å². The van der Waals surface area contributed by atoms with Crippen LogP contribution in [0.15, 0.2) is 35.1 Å². The minimum atomic E-state index is -0.775. The number of H-pyrrole nitrogens is 1. The molecule has 1 unspecified atom stereocenters. The van der Waals surface area contributed by atoms with Crippen LogP contribution in [0.3, 0.4) is 0 Å². The highest BCUT2D eigenvalue weighted by Gasteiger charge is 2.24. The number of aromatic amines is 1. The van der Waals surface area contributed by atoms with E-state index in [4.69, 9.17) is 10.5 Å². The molecule has 26 heavy (non-hydrogen) atoms. The average Bonchev–Trinajstić information content (AvgIpc) is 2.61. The summed E-state index contributed by atoms with van der Waals surface area (Å²) in [6, 6.07) is 8.56. The van der Waals surface area contributed by atoms with Crippen molar-refractivity contribution in [2.45, 2.75) is 31.7 Å². The van der Waals surface area contributed by atoms with Crippen LogP contribution < -0.4 is 21.3 Å². The molecule has 136 valence electrons. The van der Waals surface area contributed by atoms with Gasteiger partial charge in [-0.25, -0.2) is 0 Å². The summed E-state index contributed by atoms with van der Waals surface area (Å²) in [4.78, 5) is 38.5. The quantitative estimate of drug-likeness (QED) is 0.748. The number of rotatable bonds is 5. The fourth-order valence-corrected chi connectivity index (χ4v) is 3.25. The van der Waals surface area contributed by atoms with Crippen LogP contribution in [0.5, 0.6) is 5.75 Å². The van der Waals surface area contributed by atoms with Crippen LogP contribution in [-0.2, 0) is 17.6 Å². The molecule has 0 saturated carbocycles. The van der Waals surface area contributed by atoms with Crippen molar-refractivity contribution in [1.82, 2.24) is 10.3 Å². The van der Waals surface area contributed by atoms with Gasteiger partial charge in [0.15, 0.2) is 0 Å². The Hall–Kier alpha value is -3.09. The van der Waals surface area contributed by atoms with Gasteiger partial charge in [-0.05, 0) is 48.6 Å². The van der Waals surface area contributed by atoms with E-state index in [1.54, 1.807) is 7.11 Å². The van der Waals surface area contributed by atoms with Gasteiger partial charge in [0.05, 0.1) is 19.6 Å². The van der Waals surface area contributed by atoms with Crippen LogP contribution in [-0.4, -0.2) is 23.9 Å². The van der Waals surface area contributed by atoms with Crippen molar-refractivity contribution in [1.29, 1.82) is 0 Å². The summed E-state index contributed by atoms with van der Waals surface area (Å²) in [5, 5.41) is 2.99. The van der Waals surface area contributed by atoms with E-state index in [9.17, 15) is 14.4 Å². The summed E-state index contributed by atoms with van der Waals surface area (Å²) in [6.45, 7) is 0. The lowest BCUT2D eigenvalue weighted by molar-refractivity contribution is -0.121. The Morgan fingerprint density at radius 3 is 2.69 bits per heavy atom. The van der Waals surface area contributed by atoms with Gasteiger partial charge < -0.3 is 20.8 Å². The number of hydrogen-bond donors (Lipinski definition) is 3. The number of nitrogens with two attached hydrogens (primary N) is 1. The van der Waals surface area contributed by atoms with Crippen molar-refractivity contribution < 1.29 is 14.3 Å². The molecule has 0 spiro atoms. The van der Waals surface area contributed by atoms with Gasteiger partial charge >= 0.3 is 0 Å². The molecule has 0 radical (unpaired) electrons. The van der Waals surface area contributed by atoms with Crippen molar-refractivity contribution in [3.8, 4) is 5.75 Å². The number of carbonyl (C=O) groups excluding carboxylic acids is 2. The smallest absolute Gasteiger partial charge is 0.261 e. The zero-order valence-electron chi connectivity index (χ0n) is 14.5. The summed E-state index contributed by atoms with van der Waals surface area (Å²) in [6.07, 6.45) is 2.52. The Kier molecular flexibility index (Phi) is 5.06. The molecule has 0 saturated heterocycles. The van der Waals surface area contributed by atoms with E-state index in [0.29, 0.717) is 6.42 Å². The first-order valence-electron chi connectivity index (χ1n) is 8.46. The Balaban J connectivity index is 1.76. The molecule has 2 amide bonds. The monoisotopic (exact) mass is 355 g/mol. The van der Waals surface area contributed by atoms with Crippen molar-refractivity contribution in [2.75, 3.05) is 7.11 Å². The molecule has 1 atom stereocenters. The zero-order chi connectivity index (χ0) is 18.7. The SMILES string of the molecule is COc1ccc(CC(=O)NC2CCCc3[nH]c(=O)c(C(N)=O)cc32)cc1. The third kappa shape index (κ3) is 3.77. The van der Waals surface area contributed by atoms with Gasteiger partial charge in [0, 0.05) is 5.69 Å². The van der Waals surface area contributed by atoms with Gasteiger partial charge in [0.2, 0.25) is 5.91 Å². The van der Waals surface area contributed by atoms with E-state index in [0.717, 1.165) is 35.4 Å². The number of amides is 2. The number of benzene rings is 1. The lowest BCUT2D eigenvalue weighted by Gasteiger charge is -2.26. The fraction of sp³-hybridized carbons (Fsp3) is 0.316. The highest BCUT2D eigenvalue weighted by molar-refractivity contribution is 5.92. The van der Waals surface area contributed by atoms with Gasteiger partial charge in [0.1, 0.15) is 11.3 Å². The van der Waals surface area contributed by atoms with Crippen molar-refractivity contribution >= 4 is 11.8 Å². The summed E-state index contributed by atoms with van der Waals surface area (Å²) < 4.78 is 5.11. The third-order valence-electron chi connectivity index (χ3n) is 4.58. The number of nitrogens with one attached hydrogen (secondary N) is 2. The molecular weight excluding hydrogens is 334 g/mol. The predicted octanol–water partition coefficient (Wildman–Crippen LogP) is 1.22. The molecule has 1 aromatic heterocycles. The van der Waals surface area contributed by atoms with Crippen LogP contribution in [0.25, 0.3) is 0 Å². The van der Waals surface area contributed by atoms with Gasteiger partial charge in [-0.2, -0.15) is 0 Å². The minimum Gasteiger partial charge on any atom is -0.497 e. The van der Waals surface area contributed by atoms with Gasteiger partial charge in [0.25, 0.3) is 11.5 Å². The first kappa shape index (κ1) is 17.7. The summed E-state index contributed by atoms with van der Waals surface area (Å²) >= 11 is 0. The van der Waals surface area contributed by atoms with Crippen molar-refractivity contribution in [3.63, 3.8) is 0 Å². The molecule has 7 nitrogen and oxygen atoms in total. The van der Waals surface area contributed by atoms with Crippen molar-refractivity contribution in [3.05, 3.63) is 63.1 Å². The molecular formula is C19H21N3O4. The lowest BCUT2D eigenvalue weighted by atomic mass is 9.90. The highest BCUT2D eigenvalue weighted by atomic mass is 16.5. The summed E-state index contributed by atoms with van der Waals surface area (Å²) in [5.41, 5.74) is 7.08. The van der Waals surface area contributed by atoms with Crippen molar-refractivity contribution in [2.24, 2.45) is 5.73 Å². The summed E-state index contributed by atoms with van der Waals surface area (Å²) in [7, 11) is 1.59. The second-order valence-corrected chi connectivity index (χ2v) is 6.35. The van der Waals surface area contributed by atoms with E-state index in [1.165, 1.54) is 6.07 Å². The molecule has 1 aliphatic rings. The molecule has 4 N–H and O–H groups in total. The standard InChI is InChI=1S/C19H21N3O4/c1-26-12-7-5-11(6-8-12)9-17(23)21-15-3-2-4-16-13(15)10-14(18(20)24)19(25)22-16/h5-8,10,15H,2-4,9H2,1H3,(H2,20,24)(H,21,23)(H,22,25). The second-order valence-electron chi connectivity index (χ2n) is 6.35. The van der Waals surface area contributed by atoms with Gasteiger partial charge in [-0.3, -0.25) is 14.4 Å². The van der Waals surface area contributed by atoms with E-state index < -0.39 is 11.5 Å². The van der Waals surface area contributed by atoms with Crippen LogP contribution in [0.2, 0.25) is 0 Å². The molecule has 1 aliphatic carbocycles. The molecule has 0 bridgehead atoms. The molecule has 0 fully saturated rings. The van der Waals surface area contributed by atoms with E-state index in [1.807, 2.05) is 24.3 Å². The maximum atomic E-state index is 12.4. The number of aromatic nitrogens is 1. The lowest BCUT2D eigenvalue weighted by Crippen LogP contribution is -2.34. The van der Waals surface area contributed by atoms with E-state index >= 15 is 0 Å². The zero-order valence-corrected chi connectivity index (χ0v) is 14.5. The number of carbonyl (C=O) groups is 2. The normalized spacial score (nSPS) is 15.8. The van der Waals surface area contributed by atoms with E-state index in [-0.39, 0.29) is 23.9 Å². The fourth-order valence-electron chi connectivity index (χ4n) is 3.25. The summed E-state index contributed by atoms with van der Waals surface area (Å²) in [5.74, 6) is -0.166. The topological polar surface area (TPSA) is 114 Å². The van der Waals surface area contributed by atoms with Crippen LogP contribution >= 0.6 is 0 Å². The Morgan fingerprint density at radius 1 is 1.31 bits per heavy atom. The molecule has 3 rings (SSSR count). The van der Waals surface area contributed by atoms with Gasteiger partial charge in [-0.1, -0.05) is 12.1 Å². The molecule has 1 aromatic carbocycles. The highest BCUT2D eigenvalue weighted by Crippen LogP contribution is 2.28. The number of primary amides is 1. The van der Waals surface area contributed by atoms with Gasteiger partial charge in [-0.15, -0.1) is 0 Å². The van der Waals surface area contributed by atoms with Crippen LogP contribution in [0.4, 0.5) is 0 Å². The Bertz CT molecular complexity index is 887. The number of aryl methyl sites for hydroxylation is 1. The average molecular weight is 355 g/mol.